The van der Waals surface area contributed by atoms with Crippen LogP contribution in [0.1, 0.15) is 10.9 Å². The number of nitrogens with zero attached hydrogens (tertiary/aromatic N) is 1. The predicted molar refractivity (Wildman–Crippen MR) is 70.9 cm³/mol. The summed E-state index contributed by atoms with van der Waals surface area (Å²) in [6.07, 6.45) is 0. The third-order valence-corrected chi connectivity index (χ3v) is 4.33. The van der Waals surface area contributed by atoms with Crippen LogP contribution in [0.5, 0.6) is 0 Å². The van der Waals surface area contributed by atoms with Crippen LogP contribution in [0.15, 0.2) is 34.1 Å². The number of hydrogen-bond acceptors (Lipinski definition) is 3. The Bertz CT molecular complexity index is 488. The van der Waals surface area contributed by atoms with E-state index in [-0.39, 0.29) is 0 Å². The zero-order valence-corrected chi connectivity index (χ0v) is 11.0. The van der Waals surface area contributed by atoms with Gasteiger partial charge in [-0.3, -0.25) is 0 Å². The maximum absolute atomic E-state index is 4.70. The van der Waals surface area contributed by atoms with E-state index >= 15 is 0 Å². The second kappa shape index (κ2) is 4.28. The monoisotopic (exact) mass is 294 g/mol. The molecule has 1 fully saturated rings. The van der Waals surface area contributed by atoms with Crippen LogP contribution in [0.2, 0.25) is 0 Å². The molecule has 0 bridgehead atoms. The molecule has 4 heteroatoms. The first kappa shape index (κ1) is 10.4. The number of benzene rings is 1. The fourth-order valence-corrected chi connectivity index (χ4v) is 2.89. The highest BCUT2D eigenvalue weighted by Crippen LogP contribution is 2.28. The zero-order valence-electron chi connectivity index (χ0n) is 8.61. The molecule has 0 spiro atoms. The van der Waals surface area contributed by atoms with Crippen LogP contribution in [-0.4, -0.2) is 18.1 Å². The fourth-order valence-electron chi connectivity index (χ4n) is 1.69. The van der Waals surface area contributed by atoms with Gasteiger partial charge in [0, 0.05) is 34.4 Å². The Kier molecular flexibility index (Phi) is 2.79. The second-order valence-electron chi connectivity index (χ2n) is 3.93. The van der Waals surface area contributed by atoms with E-state index < -0.39 is 0 Å². The standard InChI is InChI=1S/C12H11BrN2S/c13-10-3-1-8(2-4-10)11-7-16-12(15-11)9-5-14-6-9/h1-4,7,9,14H,5-6H2. The minimum Gasteiger partial charge on any atom is -0.315 e. The second-order valence-corrected chi connectivity index (χ2v) is 5.74. The van der Waals surface area contributed by atoms with Crippen molar-refractivity contribution in [1.29, 1.82) is 0 Å². The van der Waals surface area contributed by atoms with E-state index in [2.05, 4.69) is 50.9 Å². The van der Waals surface area contributed by atoms with Crippen LogP contribution in [0.3, 0.4) is 0 Å². The summed E-state index contributed by atoms with van der Waals surface area (Å²) in [5.74, 6) is 0.634. The summed E-state index contributed by atoms with van der Waals surface area (Å²) in [4.78, 5) is 4.70. The topological polar surface area (TPSA) is 24.9 Å². The third kappa shape index (κ3) is 1.93. The molecule has 1 aliphatic heterocycles. The van der Waals surface area contributed by atoms with Crippen molar-refractivity contribution in [2.45, 2.75) is 5.92 Å². The van der Waals surface area contributed by atoms with Gasteiger partial charge in [-0.15, -0.1) is 11.3 Å². The minimum atomic E-state index is 0.634. The van der Waals surface area contributed by atoms with E-state index in [4.69, 9.17) is 4.98 Å². The van der Waals surface area contributed by atoms with Gasteiger partial charge in [0.2, 0.25) is 0 Å². The lowest BCUT2D eigenvalue weighted by Crippen LogP contribution is -2.39. The molecule has 82 valence electrons. The molecule has 0 unspecified atom stereocenters. The fraction of sp³-hybridized carbons (Fsp3) is 0.250. The van der Waals surface area contributed by atoms with Crippen LogP contribution >= 0.6 is 27.3 Å². The van der Waals surface area contributed by atoms with Crippen LogP contribution < -0.4 is 5.32 Å². The van der Waals surface area contributed by atoms with Crippen molar-refractivity contribution in [3.05, 3.63) is 39.1 Å². The molecule has 2 heterocycles. The van der Waals surface area contributed by atoms with Gasteiger partial charge in [0.25, 0.3) is 0 Å². The molecule has 2 nitrogen and oxygen atoms in total. The van der Waals surface area contributed by atoms with Crippen LogP contribution in [0.4, 0.5) is 0 Å². The summed E-state index contributed by atoms with van der Waals surface area (Å²) in [5, 5.41) is 6.69. The molecule has 0 amide bonds. The van der Waals surface area contributed by atoms with E-state index in [1.54, 1.807) is 11.3 Å². The van der Waals surface area contributed by atoms with Gasteiger partial charge >= 0.3 is 0 Å². The van der Waals surface area contributed by atoms with Crippen LogP contribution in [0.25, 0.3) is 11.3 Å². The van der Waals surface area contributed by atoms with E-state index in [9.17, 15) is 0 Å². The Morgan fingerprint density at radius 2 is 2.00 bits per heavy atom. The highest BCUT2D eigenvalue weighted by Gasteiger charge is 2.22. The first-order valence-corrected chi connectivity index (χ1v) is 6.92. The summed E-state index contributed by atoms with van der Waals surface area (Å²) < 4.78 is 1.11. The first-order chi connectivity index (χ1) is 7.83. The van der Waals surface area contributed by atoms with Crippen molar-refractivity contribution < 1.29 is 0 Å². The van der Waals surface area contributed by atoms with Crippen molar-refractivity contribution >= 4 is 27.3 Å². The average molecular weight is 295 g/mol. The molecule has 0 saturated carbocycles. The van der Waals surface area contributed by atoms with Gasteiger partial charge in [0.15, 0.2) is 0 Å². The molecule has 1 aliphatic rings. The summed E-state index contributed by atoms with van der Waals surface area (Å²) in [5.41, 5.74) is 2.29. The maximum Gasteiger partial charge on any atom is 0.0989 e. The molecule has 16 heavy (non-hydrogen) atoms. The Morgan fingerprint density at radius 1 is 1.25 bits per heavy atom. The third-order valence-electron chi connectivity index (χ3n) is 2.79. The molecule has 1 saturated heterocycles. The molecular weight excluding hydrogens is 284 g/mol. The average Bonchev–Trinajstić information content (AvgIpc) is 2.65. The Morgan fingerprint density at radius 3 is 2.62 bits per heavy atom. The van der Waals surface area contributed by atoms with Gasteiger partial charge in [0.05, 0.1) is 10.7 Å². The number of thiazole rings is 1. The lowest BCUT2D eigenvalue weighted by molar-refractivity contribution is 0.447. The number of hydrogen-bond donors (Lipinski definition) is 1. The Hall–Kier alpha value is -0.710. The normalized spacial score (nSPS) is 16.1. The van der Waals surface area contributed by atoms with E-state index in [0.717, 1.165) is 23.3 Å². The number of aromatic nitrogens is 1. The number of nitrogens with one attached hydrogen (secondary N) is 1. The van der Waals surface area contributed by atoms with Gasteiger partial charge in [-0.2, -0.15) is 0 Å². The van der Waals surface area contributed by atoms with Gasteiger partial charge in [-0.05, 0) is 12.1 Å². The lowest BCUT2D eigenvalue weighted by Gasteiger charge is -2.24. The molecule has 0 aliphatic carbocycles. The lowest BCUT2D eigenvalue weighted by atomic mass is 10.1. The summed E-state index contributed by atoms with van der Waals surface area (Å²) in [6, 6.07) is 8.31. The quantitative estimate of drug-likeness (QED) is 0.920. The highest BCUT2D eigenvalue weighted by molar-refractivity contribution is 9.10. The predicted octanol–water partition coefficient (Wildman–Crippen LogP) is 3.26. The van der Waals surface area contributed by atoms with E-state index in [1.807, 2.05) is 0 Å². The van der Waals surface area contributed by atoms with Crippen molar-refractivity contribution in [2.24, 2.45) is 0 Å². The molecule has 1 aromatic carbocycles. The first-order valence-electron chi connectivity index (χ1n) is 5.25. The summed E-state index contributed by atoms with van der Waals surface area (Å²) in [6.45, 7) is 2.15. The molecule has 1 N–H and O–H groups in total. The molecule has 0 radical (unpaired) electrons. The molecule has 0 atom stereocenters. The van der Waals surface area contributed by atoms with Crippen LogP contribution in [-0.2, 0) is 0 Å². The smallest absolute Gasteiger partial charge is 0.0989 e. The minimum absolute atomic E-state index is 0.634. The summed E-state index contributed by atoms with van der Waals surface area (Å²) >= 11 is 5.21. The van der Waals surface area contributed by atoms with Gasteiger partial charge in [-0.25, -0.2) is 4.98 Å². The molecule has 2 aromatic rings. The van der Waals surface area contributed by atoms with E-state index in [1.165, 1.54) is 10.6 Å². The number of halogens is 1. The van der Waals surface area contributed by atoms with Gasteiger partial charge in [-0.1, -0.05) is 28.1 Å². The SMILES string of the molecule is Brc1ccc(-c2csc(C3CNC3)n2)cc1. The van der Waals surface area contributed by atoms with Crippen molar-refractivity contribution in [1.82, 2.24) is 10.3 Å². The Labute approximate surface area is 107 Å². The number of rotatable bonds is 2. The molecular formula is C12H11BrN2S. The van der Waals surface area contributed by atoms with E-state index in [0.29, 0.717) is 5.92 Å². The van der Waals surface area contributed by atoms with Crippen molar-refractivity contribution in [3.8, 4) is 11.3 Å². The van der Waals surface area contributed by atoms with Crippen molar-refractivity contribution in [3.63, 3.8) is 0 Å². The molecule has 3 rings (SSSR count). The highest BCUT2D eigenvalue weighted by atomic mass is 79.9. The van der Waals surface area contributed by atoms with Crippen molar-refractivity contribution in [2.75, 3.05) is 13.1 Å². The zero-order chi connectivity index (χ0) is 11.0. The van der Waals surface area contributed by atoms with Crippen LogP contribution in [0, 0.1) is 0 Å². The van der Waals surface area contributed by atoms with Gasteiger partial charge in [0.1, 0.15) is 0 Å². The molecule has 1 aromatic heterocycles. The summed E-state index contributed by atoms with van der Waals surface area (Å²) in [7, 11) is 0. The largest absolute Gasteiger partial charge is 0.315 e. The maximum atomic E-state index is 4.70. The Balaban J connectivity index is 1.88. The van der Waals surface area contributed by atoms with Gasteiger partial charge < -0.3 is 5.32 Å².